The van der Waals surface area contributed by atoms with Gasteiger partial charge in [0.05, 0.1) is 12.0 Å². The van der Waals surface area contributed by atoms with Crippen LogP contribution in [0.1, 0.15) is 11.1 Å². The van der Waals surface area contributed by atoms with Crippen LogP contribution in [0.25, 0.3) is 0 Å². The number of ether oxygens (including phenoxy) is 1. The number of hydrogen-bond acceptors (Lipinski definition) is 5. The SMILES string of the molecule is COc1ccc(CNCc2cc(Br)cc([N+](=O)[O-])c2)cn1. The molecule has 1 aromatic carbocycles. The number of pyridine rings is 1. The van der Waals surface area contributed by atoms with Gasteiger partial charge in [0.25, 0.3) is 5.69 Å². The Bertz CT molecular complexity index is 632. The topological polar surface area (TPSA) is 77.3 Å². The molecule has 0 saturated carbocycles. The second kappa shape index (κ2) is 7.14. The number of nitro groups is 1. The van der Waals surface area contributed by atoms with E-state index in [9.17, 15) is 10.1 Å². The molecule has 2 rings (SSSR count). The second-order valence-corrected chi connectivity index (χ2v) is 5.30. The maximum Gasteiger partial charge on any atom is 0.270 e. The molecule has 7 heteroatoms. The molecule has 1 heterocycles. The Labute approximate surface area is 130 Å². The molecule has 6 nitrogen and oxygen atoms in total. The molecule has 0 amide bonds. The van der Waals surface area contributed by atoms with E-state index in [0.29, 0.717) is 23.4 Å². The predicted octanol–water partition coefficient (Wildman–Crippen LogP) is 3.05. The molecule has 0 atom stereocenters. The summed E-state index contributed by atoms with van der Waals surface area (Å²) in [6.07, 6.45) is 1.73. The van der Waals surface area contributed by atoms with Crippen molar-refractivity contribution in [3.05, 3.63) is 62.2 Å². The molecule has 0 saturated heterocycles. The fourth-order valence-electron chi connectivity index (χ4n) is 1.83. The van der Waals surface area contributed by atoms with Gasteiger partial charge in [-0.3, -0.25) is 10.1 Å². The Morgan fingerprint density at radius 3 is 2.67 bits per heavy atom. The molecule has 1 aromatic heterocycles. The molecule has 1 N–H and O–H groups in total. The van der Waals surface area contributed by atoms with Crippen LogP contribution in [0.3, 0.4) is 0 Å². The minimum absolute atomic E-state index is 0.0762. The molecule has 0 bridgehead atoms. The summed E-state index contributed by atoms with van der Waals surface area (Å²) in [4.78, 5) is 14.5. The summed E-state index contributed by atoms with van der Waals surface area (Å²) in [6.45, 7) is 1.16. The number of non-ortho nitro benzene ring substituents is 1. The first kappa shape index (κ1) is 15.4. The molecule has 0 spiro atoms. The summed E-state index contributed by atoms with van der Waals surface area (Å²) in [5, 5.41) is 14.0. The fraction of sp³-hybridized carbons (Fsp3) is 0.214. The Balaban J connectivity index is 1.95. The molecule has 0 fully saturated rings. The van der Waals surface area contributed by atoms with Crippen molar-refractivity contribution in [3.63, 3.8) is 0 Å². The van der Waals surface area contributed by atoms with Crippen molar-refractivity contribution < 1.29 is 9.66 Å². The largest absolute Gasteiger partial charge is 0.481 e. The normalized spacial score (nSPS) is 10.4. The van der Waals surface area contributed by atoms with Crippen LogP contribution in [0.15, 0.2) is 41.0 Å². The van der Waals surface area contributed by atoms with Gasteiger partial charge in [0.15, 0.2) is 0 Å². The van der Waals surface area contributed by atoms with Crippen molar-refractivity contribution in [2.24, 2.45) is 0 Å². The average molecular weight is 352 g/mol. The van der Waals surface area contributed by atoms with E-state index in [1.807, 2.05) is 12.1 Å². The number of nitro benzene ring substituents is 1. The third-order valence-electron chi connectivity index (χ3n) is 2.82. The molecular formula is C14H14BrN3O3. The van der Waals surface area contributed by atoms with Crippen molar-refractivity contribution in [2.45, 2.75) is 13.1 Å². The minimum Gasteiger partial charge on any atom is -0.481 e. The molecular weight excluding hydrogens is 338 g/mol. The van der Waals surface area contributed by atoms with E-state index < -0.39 is 4.92 Å². The maximum absolute atomic E-state index is 10.8. The summed E-state index contributed by atoms with van der Waals surface area (Å²) in [5.74, 6) is 0.571. The summed E-state index contributed by atoms with van der Waals surface area (Å²) >= 11 is 3.28. The van der Waals surface area contributed by atoms with Crippen molar-refractivity contribution in [1.29, 1.82) is 0 Å². The quantitative estimate of drug-likeness (QED) is 0.639. The Morgan fingerprint density at radius 1 is 1.29 bits per heavy atom. The number of aromatic nitrogens is 1. The van der Waals surface area contributed by atoms with Gasteiger partial charge in [0.1, 0.15) is 0 Å². The van der Waals surface area contributed by atoms with Crippen LogP contribution in [0.4, 0.5) is 5.69 Å². The molecule has 0 aliphatic rings. The lowest BCUT2D eigenvalue weighted by Crippen LogP contribution is -2.13. The standard InChI is InChI=1S/C14H14BrN3O3/c1-21-14-3-2-10(9-17-14)7-16-8-11-4-12(15)6-13(5-11)18(19)20/h2-6,9,16H,7-8H2,1H3. The molecule has 21 heavy (non-hydrogen) atoms. The molecule has 2 aromatic rings. The lowest BCUT2D eigenvalue weighted by atomic mass is 10.2. The summed E-state index contributed by atoms with van der Waals surface area (Å²) < 4.78 is 5.69. The number of benzene rings is 1. The first-order valence-corrected chi connectivity index (χ1v) is 7.01. The van der Waals surface area contributed by atoms with Crippen LogP contribution >= 0.6 is 15.9 Å². The smallest absolute Gasteiger partial charge is 0.270 e. The van der Waals surface area contributed by atoms with Gasteiger partial charge in [-0.25, -0.2) is 4.98 Å². The number of methoxy groups -OCH3 is 1. The van der Waals surface area contributed by atoms with Gasteiger partial charge in [0.2, 0.25) is 5.88 Å². The summed E-state index contributed by atoms with van der Waals surface area (Å²) in [5.41, 5.74) is 1.94. The van der Waals surface area contributed by atoms with Gasteiger partial charge in [-0.2, -0.15) is 0 Å². The zero-order chi connectivity index (χ0) is 15.2. The van der Waals surface area contributed by atoms with Crippen LogP contribution in [0, 0.1) is 10.1 Å². The van der Waals surface area contributed by atoms with E-state index >= 15 is 0 Å². The first-order chi connectivity index (χ1) is 10.1. The van der Waals surface area contributed by atoms with Gasteiger partial charge in [-0.15, -0.1) is 0 Å². The highest BCUT2D eigenvalue weighted by Gasteiger charge is 2.08. The lowest BCUT2D eigenvalue weighted by molar-refractivity contribution is -0.385. The number of rotatable bonds is 6. The molecule has 0 aliphatic carbocycles. The molecule has 0 unspecified atom stereocenters. The number of nitrogens with one attached hydrogen (secondary N) is 1. The monoisotopic (exact) mass is 351 g/mol. The number of halogens is 1. The molecule has 110 valence electrons. The average Bonchev–Trinajstić information content (AvgIpc) is 2.47. The highest BCUT2D eigenvalue weighted by atomic mass is 79.9. The van der Waals surface area contributed by atoms with Gasteiger partial charge >= 0.3 is 0 Å². The Kier molecular flexibility index (Phi) is 5.24. The van der Waals surface area contributed by atoms with Crippen LogP contribution < -0.4 is 10.1 Å². The number of hydrogen-bond donors (Lipinski definition) is 1. The molecule has 0 aliphatic heterocycles. The first-order valence-electron chi connectivity index (χ1n) is 6.22. The van der Waals surface area contributed by atoms with Gasteiger partial charge in [0, 0.05) is 42.0 Å². The van der Waals surface area contributed by atoms with Crippen molar-refractivity contribution >= 4 is 21.6 Å². The van der Waals surface area contributed by atoms with E-state index in [1.54, 1.807) is 25.4 Å². The van der Waals surface area contributed by atoms with Gasteiger partial charge in [-0.1, -0.05) is 22.0 Å². The predicted molar refractivity (Wildman–Crippen MR) is 82.1 cm³/mol. The van der Waals surface area contributed by atoms with Crippen molar-refractivity contribution in [1.82, 2.24) is 10.3 Å². The lowest BCUT2D eigenvalue weighted by Gasteiger charge is -2.06. The summed E-state index contributed by atoms with van der Waals surface area (Å²) in [6, 6.07) is 8.61. The van der Waals surface area contributed by atoms with Gasteiger partial charge in [-0.05, 0) is 17.2 Å². The van der Waals surface area contributed by atoms with Crippen LogP contribution in [-0.2, 0) is 13.1 Å². The summed E-state index contributed by atoms with van der Waals surface area (Å²) in [7, 11) is 1.57. The van der Waals surface area contributed by atoms with Crippen molar-refractivity contribution in [3.8, 4) is 5.88 Å². The minimum atomic E-state index is -0.401. The van der Waals surface area contributed by atoms with E-state index in [4.69, 9.17) is 4.74 Å². The third-order valence-corrected chi connectivity index (χ3v) is 3.28. The highest BCUT2D eigenvalue weighted by molar-refractivity contribution is 9.10. The van der Waals surface area contributed by atoms with Gasteiger partial charge < -0.3 is 10.1 Å². The zero-order valence-electron chi connectivity index (χ0n) is 11.4. The Hall–Kier alpha value is -1.99. The maximum atomic E-state index is 10.8. The van der Waals surface area contributed by atoms with E-state index in [-0.39, 0.29) is 5.69 Å². The highest BCUT2D eigenvalue weighted by Crippen LogP contribution is 2.21. The Morgan fingerprint density at radius 2 is 2.05 bits per heavy atom. The van der Waals surface area contributed by atoms with Crippen LogP contribution in [-0.4, -0.2) is 17.0 Å². The van der Waals surface area contributed by atoms with Crippen LogP contribution in [0.2, 0.25) is 0 Å². The zero-order valence-corrected chi connectivity index (χ0v) is 13.0. The number of nitrogens with zero attached hydrogens (tertiary/aromatic N) is 2. The second-order valence-electron chi connectivity index (χ2n) is 4.39. The molecule has 0 radical (unpaired) electrons. The van der Waals surface area contributed by atoms with Crippen LogP contribution in [0.5, 0.6) is 5.88 Å². The fourth-order valence-corrected chi connectivity index (χ4v) is 2.36. The third kappa shape index (κ3) is 4.51. The van der Waals surface area contributed by atoms with E-state index in [0.717, 1.165) is 11.1 Å². The van der Waals surface area contributed by atoms with E-state index in [1.165, 1.54) is 6.07 Å². The van der Waals surface area contributed by atoms with Crippen molar-refractivity contribution in [2.75, 3.05) is 7.11 Å². The van der Waals surface area contributed by atoms with E-state index in [2.05, 4.69) is 26.2 Å².